The SMILES string of the molecule is O=C(CCCC[C@H]1CCSS1)N1CCCC[C@@H](c2ccccc2)C1. The number of rotatable bonds is 6. The zero-order valence-corrected chi connectivity index (χ0v) is 16.1. The normalized spacial score (nSPS) is 24.8. The van der Waals surface area contributed by atoms with Crippen LogP contribution in [0, 0.1) is 0 Å². The van der Waals surface area contributed by atoms with Gasteiger partial charge in [0.25, 0.3) is 0 Å². The van der Waals surface area contributed by atoms with Crippen molar-refractivity contribution < 1.29 is 4.79 Å². The molecule has 0 saturated carbocycles. The van der Waals surface area contributed by atoms with Crippen LogP contribution in [0.1, 0.15) is 62.8 Å². The summed E-state index contributed by atoms with van der Waals surface area (Å²) in [6.45, 7) is 1.87. The number of hydrogen-bond acceptors (Lipinski definition) is 3. The van der Waals surface area contributed by atoms with Crippen LogP contribution in [0.25, 0.3) is 0 Å². The van der Waals surface area contributed by atoms with Gasteiger partial charge in [0.2, 0.25) is 5.91 Å². The number of benzene rings is 1. The summed E-state index contributed by atoms with van der Waals surface area (Å²) in [7, 11) is 4.06. The fraction of sp³-hybridized carbons (Fsp3) is 0.650. The summed E-state index contributed by atoms with van der Waals surface area (Å²) < 4.78 is 0. The predicted octanol–water partition coefficient (Wildman–Crippen LogP) is 5.50. The Balaban J connectivity index is 1.44. The van der Waals surface area contributed by atoms with Gasteiger partial charge in [-0.05, 0) is 37.7 Å². The number of carbonyl (C=O) groups excluding carboxylic acids is 1. The Labute approximate surface area is 154 Å². The third-order valence-corrected chi connectivity index (χ3v) is 8.20. The maximum Gasteiger partial charge on any atom is 0.222 e. The molecular weight excluding hydrogens is 334 g/mol. The van der Waals surface area contributed by atoms with Gasteiger partial charge in [-0.1, -0.05) is 64.8 Å². The van der Waals surface area contributed by atoms with Crippen LogP contribution in [-0.4, -0.2) is 34.9 Å². The summed E-state index contributed by atoms with van der Waals surface area (Å²) in [5, 5.41) is 0.839. The molecule has 24 heavy (non-hydrogen) atoms. The summed E-state index contributed by atoms with van der Waals surface area (Å²) in [6, 6.07) is 10.7. The second kappa shape index (κ2) is 9.76. The highest BCUT2D eigenvalue weighted by Crippen LogP contribution is 2.39. The topological polar surface area (TPSA) is 20.3 Å². The van der Waals surface area contributed by atoms with Crippen molar-refractivity contribution in [1.82, 2.24) is 4.90 Å². The molecule has 0 bridgehead atoms. The molecule has 1 amide bonds. The molecule has 4 heteroatoms. The van der Waals surface area contributed by atoms with Gasteiger partial charge in [-0.3, -0.25) is 4.79 Å². The van der Waals surface area contributed by atoms with Crippen molar-refractivity contribution in [2.75, 3.05) is 18.8 Å². The lowest BCUT2D eigenvalue weighted by atomic mass is 9.94. The van der Waals surface area contributed by atoms with Gasteiger partial charge in [0.15, 0.2) is 0 Å². The minimum absolute atomic E-state index is 0.381. The van der Waals surface area contributed by atoms with E-state index in [1.54, 1.807) is 0 Å². The van der Waals surface area contributed by atoms with Gasteiger partial charge in [0.05, 0.1) is 0 Å². The van der Waals surface area contributed by atoms with Crippen LogP contribution in [0.2, 0.25) is 0 Å². The van der Waals surface area contributed by atoms with Crippen LogP contribution >= 0.6 is 21.6 Å². The van der Waals surface area contributed by atoms with E-state index in [9.17, 15) is 4.79 Å². The molecule has 3 rings (SSSR count). The van der Waals surface area contributed by atoms with E-state index in [0.29, 0.717) is 11.8 Å². The molecule has 2 saturated heterocycles. The second-order valence-corrected chi connectivity index (χ2v) is 9.81. The Morgan fingerprint density at radius 1 is 1.12 bits per heavy atom. The van der Waals surface area contributed by atoms with Crippen LogP contribution in [0.15, 0.2) is 30.3 Å². The van der Waals surface area contributed by atoms with E-state index in [-0.39, 0.29) is 0 Å². The van der Waals surface area contributed by atoms with Crippen LogP contribution in [0.5, 0.6) is 0 Å². The van der Waals surface area contributed by atoms with E-state index in [1.807, 2.05) is 10.8 Å². The molecule has 1 aromatic rings. The number of amides is 1. The lowest BCUT2D eigenvalue weighted by Crippen LogP contribution is -2.33. The molecule has 0 spiro atoms. The number of carbonyl (C=O) groups is 1. The van der Waals surface area contributed by atoms with E-state index in [1.165, 1.54) is 43.4 Å². The van der Waals surface area contributed by atoms with Crippen molar-refractivity contribution in [2.24, 2.45) is 0 Å². The van der Waals surface area contributed by atoms with Gasteiger partial charge in [0, 0.05) is 36.4 Å². The molecule has 2 fully saturated rings. The highest BCUT2D eigenvalue weighted by molar-refractivity contribution is 8.77. The summed E-state index contributed by atoms with van der Waals surface area (Å²) in [5.74, 6) is 2.21. The Hall–Kier alpha value is -0.610. The minimum Gasteiger partial charge on any atom is -0.342 e. The first-order valence-electron chi connectivity index (χ1n) is 9.44. The van der Waals surface area contributed by atoms with Crippen LogP contribution in [0.4, 0.5) is 0 Å². The molecule has 0 unspecified atom stereocenters. The molecule has 2 aliphatic rings. The second-order valence-electron chi connectivity index (χ2n) is 7.02. The van der Waals surface area contributed by atoms with Gasteiger partial charge >= 0.3 is 0 Å². The molecule has 0 N–H and O–H groups in total. The standard InChI is InChI=1S/C20H29NOS2/c22-20(12-5-4-11-19-13-15-23-24-19)21-14-7-6-10-18(16-21)17-8-2-1-3-9-17/h1-3,8-9,18-19H,4-7,10-16H2/t18-,19+/m1/s1. The first-order chi connectivity index (χ1) is 11.8. The van der Waals surface area contributed by atoms with Crippen LogP contribution in [-0.2, 0) is 4.79 Å². The maximum absolute atomic E-state index is 12.6. The number of hydrogen-bond donors (Lipinski definition) is 0. The number of nitrogens with zero attached hydrogens (tertiary/aromatic N) is 1. The van der Waals surface area contributed by atoms with Crippen molar-refractivity contribution in [2.45, 2.75) is 62.5 Å². The summed E-state index contributed by atoms with van der Waals surface area (Å²) in [5.41, 5.74) is 1.40. The molecule has 2 atom stereocenters. The summed E-state index contributed by atoms with van der Waals surface area (Å²) in [6.07, 6.45) is 9.26. The molecule has 1 aromatic carbocycles. The minimum atomic E-state index is 0.381. The quantitative estimate of drug-likeness (QED) is 0.492. The average molecular weight is 364 g/mol. The molecule has 132 valence electrons. The molecule has 0 aliphatic carbocycles. The lowest BCUT2D eigenvalue weighted by Gasteiger charge is -2.25. The van der Waals surface area contributed by atoms with E-state index in [4.69, 9.17) is 0 Å². The maximum atomic E-state index is 12.6. The largest absolute Gasteiger partial charge is 0.342 e. The average Bonchev–Trinajstić information content (AvgIpc) is 3.01. The summed E-state index contributed by atoms with van der Waals surface area (Å²) >= 11 is 0. The Morgan fingerprint density at radius 2 is 2.00 bits per heavy atom. The molecular formula is C20H29NOS2. The first-order valence-corrected chi connectivity index (χ1v) is 11.8. The van der Waals surface area contributed by atoms with Gasteiger partial charge in [-0.2, -0.15) is 0 Å². The van der Waals surface area contributed by atoms with Gasteiger partial charge in [-0.15, -0.1) is 0 Å². The first kappa shape index (κ1) is 18.2. The fourth-order valence-corrected chi connectivity index (χ4v) is 6.76. The van der Waals surface area contributed by atoms with Crippen molar-refractivity contribution in [1.29, 1.82) is 0 Å². The third-order valence-electron chi connectivity index (χ3n) is 5.19. The predicted molar refractivity (Wildman–Crippen MR) is 107 cm³/mol. The van der Waals surface area contributed by atoms with E-state index >= 15 is 0 Å². The van der Waals surface area contributed by atoms with Crippen molar-refractivity contribution in [3.8, 4) is 0 Å². The van der Waals surface area contributed by atoms with Crippen molar-refractivity contribution >= 4 is 27.5 Å². The van der Waals surface area contributed by atoms with Crippen molar-refractivity contribution in [3.63, 3.8) is 0 Å². The van der Waals surface area contributed by atoms with Crippen molar-refractivity contribution in [3.05, 3.63) is 35.9 Å². The van der Waals surface area contributed by atoms with Gasteiger partial charge in [0.1, 0.15) is 0 Å². The lowest BCUT2D eigenvalue weighted by molar-refractivity contribution is -0.131. The molecule has 2 heterocycles. The highest BCUT2D eigenvalue weighted by atomic mass is 33.1. The van der Waals surface area contributed by atoms with Crippen LogP contribution < -0.4 is 0 Å². The van der Waals surface area contributed by atoms with Gasteiger partial charge < -0.3 is 4.90 Å². The smallest absolute Gasteiger partial charge is 0.222 e. The highest BCUT2D eigenvalue weighted by Gasteiger charge is 2.23. The van der Waals surface area contributed by atoms with Crippen LogP contribution in [0.3, 0.4) is 0 Å². The van der Waals surface area contributed by atoms with Gasteiger partial charge in [-0.25, -0.2) is 0 Å². The molecule has 2 aliphatic heterocycles. The Morgan fingerprint density at radius 3 is 2.79 bits per heavy atom. The summed E-state index contributed by atoms with van der Waals surface area (Å²) in [4.78, 5) is 14.8. The van der Waals surface area contributed by atoms with E-state index < -0.39 is 0 Å². The molecule has 0 aromatic heterocycles. The molecule has 0 radical (unpaired) electrons. The Bertz CT molecular complexity index is 502. The van der Waals surface area contributed by atoms with E-state index in [0.717, 1.165) is 37.6 Å². The van der Waals surface area contributed by atoms with E-state index in [2.05, 4.69) is 46.0 Å². The zero-order chi connectivity index (χ0) is 16.6. The fourth-order valence-electron chi connectivity index (χ4n) is 3.74. The number of unbranched alkanes of at least 4 members (excludes halogenated alkanes) is 1. The number of likely N-dealkylation sites (tertiary alicyclic amines) is 1. The third kappa shape index (κ3) is 5.45. The monoisotopic (exact) mass is 363 g/mol. The Kier molecular flexibility index (Phi) is 7.40. The zero-order valence-electron chi connectivity index (χ0n) is 14.5. The molecule has 2 nitrogen and oxygen atoms in total.